The normalized spacial score (nSPS) is 27.2. The lowest BCUT2D eigenvalue weighted by Gasteiger charge is -2.41. The summed E-state index contributed by atoms with van der Waals surface area (Å²) in [5.41, 5.74) is 6.01. The molecule has 1 saturated heterocycles. The highest BCUT2D eigenvalue weighted by Crippen LogP contribution is 2.69. The number of hydrogen-bond donors (Lipinski definition) is 0. The van der Waals surface area contributed by atoms with Crippen molar-refractivity contribution < 1.29 is 4.74 Å². The first-order valence-corrected chi connectivity index (χ1v) is 12.9. The van der Waals surface area contributed by atoms with Gasteiger partial charge in [0.15, 0.2) is 7.36 Å². The molecule has 168 valence electrons. The second-order valence-electron chi connectivity index (χ2n) is 9.24. The molecule has 0 spiro atoms. The molecule has 3 aliphatic heterocycles. The van der Waals surface area contributed by atoms with Crippen molar-refractivity contribution in [3.63, 3.8) is 0 Å². The zero-order valence-electron chi connectivity index (χ0n) is 19.6. The van der Waals surface area contributed by atoms with Crippen molar-refractivity contribution in [1.29, 1.82) is 0 Å². The Morgan fingerprint density at radius 2 is 1.69 bits per heavy atom. The molecule has 3 heterocycles. The highest BCUT2D eigenvalue weighted by molar-refractivity contribution is 7.67. The third-order valence-electron chi connectivity index (χ3n) is 6.85. The molecule has 3 aliphatic rings. The summed E-state index contributed by atoms with van der Waals surface area (Å²) in [5.74, 6) is 0. The Morgan fingerprint density at radius 1 is 1.00 bits per heavy atom. The van der Waals surface area contributed by atoms with Crippen LogP contribution in [-0.2, 0) is 10.2 Å². The van der Waals surface area contributed by atoms with Crippen LogP contribution < -0.4 is 4.90 Å². The number of rotatable bonds is 2. The lowest BCUT2D eigenvalue weighted by molar-refractivity contribution is 0.0725. The molecule has 1 fully saturated rings. The topological polar surface area (TPSA) is 43.7 Å². The number of ether oxygens (including phenoxy) is 1. The number of hydrogen-bond acceptors (Lipinski definition) is 4. The Kier molecular flexibility index (Phi) is 5.28. The highest BCUT2D eigenvalue weighted by Gasteiger charge is 2.48. The second-order valence-corrected chi connectivity index (χ2v) is 12.2. The Labute approximate surface area is 191 Å². The molecule has 0 aliphatic carbocycles. The van der Waals surface area contributed by atoms with E-state index in [2.05, 4.69) is 104 Å². The van der Waals surface area contributed by atoms with Gasteiger partial charge in [0.2, 0.25) is 0 Å². The van der Waals surface area contributed by atoms with Crippen LogP contribution in [0.3, 0.4) is 0 Å². The van der Waals surface area contributed by atoms with Gasteiger partial charge in [-0.1, -0.05) is 49.7 Å². The fourth-order valence-electron chi connectivity index (χ4n) is 5.22. The number of morpholine rings is 1. The van der Waals surface area contributed by atoms with Gasteiger partial charge in [-0.25, -0.2) is 14.2 Å². The Hall–Kier alpha value is -2.40. The van der Waals surface area contributed by atoms with Crippen LogP contribution in [0.15, 0.2) is 69.4 Å². The molecular weight excluding hydrogens is 417 g/mol. The summed E-state index contributed by atoms with van der Waals surface area (Å²) in [7, 11) is 1.94. The molecule has 32 heavy (non-hydrogen) atoms. The summed E-state index contributed by atoms with van der Waals surface area (Å²) in [6.07, 6.45) is 2.07. The van der Waals surface area contributed by atoms with E-state index in [1.54, 1.807) is 0 Å². The predicted octanol–water partition coefficient (Wildman–Crippen LogP) is 5.56. The zero-order chi connectivity index (χ0) is 22.5. The van der Waals surface area contributed by atoms with Crippen LogP contribution in [0.2, 0.25) is 0 Å². The fourth-order valence-corrected chi connectivity index (χ4v) is 8.86. The van der Waals surface area contributed by atoms with Crippen LogP contribution in [0.25, 0.3) is 0 Å². The molecule has 2 aromatic rings. The number of nitrogens with zero attached hydrogens (tertiary/aromatic N) is 5. The van der Waals surface area contributed by atoms with Gasteiger partial charge in [0.1, 0.15) is 0 Å². The summed E-state index contributed by atoms with van der Waals surface area (Å²) < 4.78 is 15.9. The average Bonchev–Trinajstić information content (AvgIpc) is 3.22. The van der Waals surface area contributed by atoms with Crippen LogP contribution in [0, 0.1) is 6.92 Å². The monoisotopic (exact) mass is 449 g/mol. The minimum absolute atomic E-state index is 0.141. The van der Waals surface area contributed by atoms with E-state index in [-0.39, 0.29) is 5.41 Å². The number of anilines is 1. The molecule has 0 amide bonds. The first-order valence-electron chi connectivity index (χ1n) is 11.2. The molecule has 6 nitrogen and oxygen atoms in total. The Balaban J connectivity index is 1.79. The van der Waals surface area contributed by atoms with Crippen molar-refractivity contribution in [1.82, 2.24) is 9.45 Å². The average molecular weight is 450 g/mol. The molecule has 5 rings (SSSR count). The van der Waals surface area contributed by atoms with E-state index >= 15 is 0 Å². The number of likely N-dealkylation sites (N-methyl/N-ethyl adjacent to an activating group) is 1. The van der Waals surface area contributed by atoms with E-state index in [9.17, 15) is 0 Å². The van der Waals surface area contributed by atoms with Crippen LogP contribution in [0.5, 0.6) is 0 Å². The second kappa shape index (κ2) is 7.87. The smallest absolute Gasteiger partial charge is 0.174 e. The number of fused-ring (bicyclic) bond motifs is 1. The summed E-state index contributed by atoms with van der Waals surface area (Å²) in [4.78, 5) is 2.36. The van der Waals surface area contributed by atoms with E-state index < -0.39 is 7.36 Å². The summed E-state index contributed by atoms with van der Waals surface area (Å²) >= 11 is 0. The van der Waals surface area contributed by atoms with E-state index in [1.165, 1.54) is 27.8 Å². The van der Waals surface area contributed by atoms with E-state index in [4.69, 9.17) is 14.6 Å². The first-order chi connectivity index (χ1) is 15.4. The van der Waals surface area contributed by atoms with Gasteiger partial charge >= 0.3 is 0 Å². The molecule has 1 atom stereocenters. The van der Waals surface area contributed by atoms with E-state index in [0.29, 0.717) is 0 Å². The number of para-hydroxylation sites is 1. The first kappa shape index (κ1) is 21.4. The molecule has 0 bridgehead atoms. The summed E-state index contributed by atoms with van der Waals surface area (Å²) in [6.45, 7) is 9.91. The molecule has 7 heteroatoms. The molecular formula is C25H32N5OP. The van der Waals surface area contributed by atoms with Gasteiger partial charge in [0.25, 0.3) is 0 Å². The fraction of sp³-hybridized carbons (Fsp3) is 0.400. The van der Waals surface area contributed by atoms with Gasteiger partial charge in [-0.15, -0.1) is 0 Å². The molecule has 0 aromatic heterocycles. The van der Waals surface area contributed by atoms with Crippen molar-refractivity contribution in [3.8, 4) is 0 Å². The largest absolute Gasteiger partial charge is 0.379 e. The van der Waals surface area contributed by atoms with Crippen molar-refractivity contribution in [2.45, 2.75) is 26.2 Å². The van der Waals surface area contributed by atoms with Crippen molar-refractivity contribution in [3.05, 3.63) is 70.7 Å². The van der Waals surface area contributed by atoms with Crippen molar-refractivity contribution >= 4 is 24.9 Å². The Morgan fingerprint density at radius 3 is 2.38 bits per heavy atom. The molecule has 0 radical (unpaired) electrons. The summed E-state index contributed by atoms with van der Waals surface area (Å²) in [5, 5.41) is 6.11. The van der Waals surface area contributed by atoms with Gasteiger partial charge in [0, 0.05) is 44.0 Å². The van der Waals surface area contributed by atoms with Crippen LogP contribution in [0.1, 0.15) is 25.0 Å². The number of benzene rings is 2. The van der Waals surface area contributed by atoms with Gasteiger partial charge in [-0.3, -0.25) is 0 Å². The van der Waals surface area contributed by atoms with Crippen LogP contribution in [-0.4, -0.2) is 56.1 Å². The SMILES string of the molecule is Cc1ccc(N=P2(N3CCOCC3)/C(=C3/N(C)c4ccccc4C3(C)C)C=NN2C)cc1. The highest BCUT2D eigenvalue weighted by atomic mass is 31.2. The van der Waals surface area contributed by atoms with E-state index in [1.807, 2.05) is 0 Å². The zero-order valence-corrected chi connectivity index (χ0v) is 20.5. The predicted molar refractivity (Wildman–Crippen MR) is 134 cm³/mol. The van der Waals surface area contributed by atoms with Gasteiger partial charge < -0.3 is 9.64 Å². The maximum Gasteiger partial charge on any atom is 0.174 e. The van der Waals surface area contributed by atoms with Gasteiger partial charge in [0.05, 0.1) is 30.4 Å². The number of hydrazone groups is 1. The van der Waals surface area contributed by atoms with Crippen LogP contribution in [0.4, 0.5) is 11.4 Å². The maximum atomic E-state index is 5.73. The minimum Gasteiger partial charge on any atom is -0.379 e. The third-order valence-corrected chi connectivity index (χ3v) is 10.4. The summed E-state index contributed by atoms with van der Waals surface area (Å²) in [6, 6.07) is 17.3. The Bertz CT molecular complexity index is 1150. The maximum absolute atomic E-state index is 5.73. The van der Waals surface area contributed by atoms with Crippen molar-refractivity contribution in [2.75, 3.05) is 45.3 Å². The van der Waals surface area contributed by atoms with Gasteiger partial charge in [-0.2, -0.15) is 5.10 Å². The van der Waals surface area contributed by atoms with Crippen LogP contribution >= 0.6 is 7.36 Å². The lowest BCUT2D eigenvalue weighted by atomic mass is 9.84. The van der Waals surface area contributed by atoms with Crippen molar-refractivity contribution in [2.24, 2.45) is 9.85 Å². The molecule has 0 N–H and O–H groups in total. The standard InChI is InChI=1S/C25H32N5OP/c1-19-10-12-20(13-11-19)27-32(30-14-16-31-17-15-30)23(18-26-29(32)5)24-25(2,3)21-8-6-7-9-22(21)28(24)4/h6-13,18H,14-17H2,1-5H3/b24-23+. The molecule has 0 saturated carbocycles. The number of aryl methyl sites for hydroxylation is 1. The minimum atomic E-state index is -2.33. The molecule has 1 unspecified atom stereocenters. The lowest BCUT2D eigenvalue weighted by Crippen LogP contribution is -2.37. The third kappa shape index (κ3) is 3.16. The number of allylic oxidation sites excluding steroid dienone is 2. The van der Waals surface area contributed by atoms with Gasteiger partial charge in [-0.05, 0) is 30.7 Å². The quantitative estimate of drug-likeness (QED) is 0.563. The molecule has 2 aromatic carbocycles. The van der Waals surface area contributed by atoms with E-state index in [0.717, 1.165) is 32.0 Å².